The van der Waals surface area contributed by atoms with Crippen molar-refractivity contribution in [2.75, 3.05) is 0 Å². The molecule has 1 aliphatic carbocycles. The van der Waals surface area contributed by atoms with Crippen molar-refractivity contribution in [2.45, 2.75) is 37.7 Å². The highest BCUT2D eigenvalue weighted by Crippen LogP contribution is 2.41. The van der Waals surface area contributed by atoms with Crippen molar-refractivity contribution < 1.29 is 9.59 Å². The van der Waals surface area contributed by atoms with Crippen LogP contribution in [-0.4, -0.2) is 29.1 Å². The van der Waals surface area contributed by atoms with E-state index < -0.39 is 0 Å². The van der Waals surface area contributed by atoms with E-state index in [0.717, 1.165) is 24.0 Å². The van der Waals surface area contributed by atoms with E-state index in [-0.39, 0.29) is 29.3 Å². The van der Waals surface area contributed by atoms with Crippen LogP contribution in [0.15, 0.2) is 63.5 Å². The van der Waals surface area contributed by atoms with Crippen LogP contribution in [0, 0.1) is 5.92 Å². The molecule has 4 rings (SSSR count). The van der Waals surface area contributed by atoms with Crippen LogP contribution < -0.4 is 10.6 Å². The monoisotopic (exact) mass is 427 g/mol. The van der Waals surface area contributed by atoms with Crippen molar-refractivity contribution in [1.29, 1.82) is 0 Å². The fourth-order valence-electron chi connectivity index (χ4n) is 3.83. The molecule has 0 saturated carbocycles. The number of carbonyl (C=O) groups excluding carboxylic acids is 2. The second-order valence-corrected chi connectivity index (χ2v) is 8.79. The minimum Gasteiger partial charge on any atom is -0.331 e. The molecule has 1 saturated heterocycles. The number of aliphatic imine (C=N–C) groups is 1. The Kier molecular flexibility index (Phi) is 6.04. The molecule has 5 nitrogen and oxygen atoms in total. The zero-order valence-corrected chi connectivity index (χ0v) is 17.6. The van der Waals surface area contributed by atoms with Crippen molar-refractivity contribution in [3.8, 4) is 0 Å². The minimum atomic E-state index is -0.374. The molecule has 1 aromatic rings. The van der Waals surface area contributed by atoms with E-state index in [9.17, 15) is 9.59 Å². The van der Waals surface area contributed by atoms with Gasteiger partial charge < -0.3 is 5.32 Å². The highest BCUT2D eigenvalue weighted by Gasteiger charge is 2.35. The number of carbonyl (C=O) groups is 2. The van der Waals surface area contributed by atoms with E-state index >= 15 is 0 Å². The number of rotatable bonds is 5. The second kappa shape index (κ2) is 8.69. The first-order chi connectivity index (χ1) is 14.0. The van der Waals surface area contributed by atoms with Crippen molar-refractivity contribution >= 4 is 46.5 Å². The van der Waals surface area contributed by atoms with Gasteiger partial charge in [0.1, 0.15) is 5.50 Å². The fraction of sp³-hybridized carbons (Fsp3) is 0.318. The van der Waals surface area contributed by atoms with Crippen molar-refractivity contribution in [1.82, 2.24) is 10.6 Å². The lowest BCUT2D eigenvalue weighted by Gasteiger charge is -2.33. The zero-order valence-electron chi connectivity index (χ0n) is 16.0. The summed E-state index contributed by atoms with van der Waals surface area (Å²) in [5.41, 5.74) is 2.14. The van der Waals surface area contributed by atoms with Crippen LogP contribution >= 0.6 is 23.4 Å². The molecule has 7 heteroatoms. The first kappa shape index (κ1) is 20.1. The Morgan fingerprint density at radius 3 is 2.76 bits per heavy atom. The van der Waals surface area contributed by atoms with Gasteiger partial charge in [0, 0.05) is 23.4 Å². The third-order valence-corrected chi connectivity index (χ3v) is 6.48. The summed E-state index contributed by atoms with van der Waals surface area (Å²) < 4.78 is 0. The number of hydrogen-bond acceptors (Lipinski definition) is 4. The number of nitrogens with zero attached hydrogens (tertiary/aromatic N) is 1. The maximum Gasteiger partial charge on any atom is 0.284 e. The van der Waals surface area contributed by atoms with Crippen LogP contribution in [0.3, 0.4) is 0 Å². The number of fused-ring (bicyclic) bond motifs is 1. The maximum atomic E-state index is 13.0. The minimum absolute atomic E-state index is 0.00227. The molecule has 1 aromatic carbocycles. The average molecular weight is 428 g/mol. The average Bonchev–Trinajstić information content (AvgIpc) is 2.69. The summed E-state index contributed by atoms with van der Waals surface area (Å²) in [7, 11) is 0. The lowest BCUT2D eigenvalue weighted by atomic mass is 9.84. The third-order valence-electron chi connectivity index (χ3n) is 5.11. The molecule has 3 aliphatic rings. The number of dihydropyridines is 1. The molecule has 2 aliphatic heterocycles. The largest absolute Gasteiger partial charge is 0.331 e. The van der Waals surface area contributed by atoms with Crippen LogP contribution in [0.2, 0.25) is 0 Å². The summed E-state index contributed by atoms with van der Waals surface area (Å²) in [5, 5.41) is 7.01. The van der Waals surface area contributed by atoms with Crippen LogP contribution in [0.4, 0.5) is 0 Å². The maximum absolute atomic E-state index is 13.0. The van der Waals surface area contributed by atoms with Crippen LogP contribution in [0.1, 0.15) is 31.7 Å². The smallest absolute Gasteiger partial charge is 0.284 e. The van der Waals surface area contributed by atoms with Gasteiger partial charge in [-0.3, -0.25) is 14.9 Å². The molecule has 0 aromatic heterocycles. The number of halogens is 1. The van der Waals surface area contributed by atoms with Crippen molar-refractivity contribution in [2.24, 2.45) is 10.9 Å². The topological polar surface area (TPSA) is 70.6 Å². The lowest BCUT2D eigenvalue weighted by molar-refractivity contribution is -0.123. The lowest BCUT2D eigenvalue weighted by Crippen LogP contribution is -2.54. The molecule has 29 heavy (non-hydrogen) atoms. The van der Waals surface area contributed by atoms with E-state index in [1.165, 1.54) is 11.8 Å². The molecule has 2 N–H and O–H groups in total. The predicted molar refractivity (Wildman–Crippen MR) is 118 cm³/mol. The fourth-order valence-corrected chi connectivity index (χ4v) is 5.23. The van der Waals surface area contributed by atoms with Crippen molar-refractivity contribution in [3.63, 3.8) is 0 Å². The number of hydrogen-bond donors (Lipinski definition) is 2. The number of allylic oxidation sites excluding steroid dienone is 5. The molecule has 0 bridgehead atoms. The SMILES string of the molecule is CCCC1CC(=O)NC(SC2=C(c3ccccc3)C3C=C(Cl)C=CC3=NC2=O)N1. The van der Waals surface area contributed by atoms with Gasteiger partial charge in [0.05, 0.1) is 10.6 Å². The highest BCUT2D eigenvalue weighted by atomic mass is 35.5. The van der Waals surface area contributed by atoms with E-state index in [1.807, 2.05) is 36.4 Å². The van der Waals surface area contributed by atoms with E-state index in [4.69, 9.17) is 11.6 Å². The highest BCUT2D eigenvalue weighted by molar-refractivity contribution is 8.04. The number of nitrogens with one attached hydrogen (secondary N) is 2. The van der Waals surface area contributed by atoms with Gasteiger partial charge in [0.2, 0.25) is 5.91 Å². The van der Waals surface area contributed by atoms with Crippen molar-refractivity contribution in [3.05, 3.63) is 64.1 Å². The summed E-state index contributed by atoms with van der Waals surface area (Å²) in [6.07, 6.45) is 7.83. The van der Waals surface area contributed by atoms with Gasteiger partial charge in [-0.15, -0.1) is 0 Å². The second-order valence-electron chi connectivity index (χ2n) is 7.23. The van der Waals surface area contributed by atoms with Crippen LogP contribution in [0.5, 0.6) is 0 Å². The number of benzene rings is 1. The van der Waals surface area contributed by atoms with Gasteiger partial charge >= 0.3 is 0 Å². The predicted octanol–water partition coefficient (Wildman–Crippen LogP) is 3.98. The van der Waals surface area contributed by atoms with Gasteiger partial charge in [-0.1, -0.05) is 73.1 Å². The number of amides is 2. The standard InChI is InChI=1S/C22H22ClN3O2S/c1-2-6-15-12-18(27)26-22(24-15)29-20-19(13-7-4-3-5-8-13)16-11-14(23)9-10-17(16)25-21(20)28/h3-5,7-11,15-16,22,24H,2,6,12H2,1H3,(H,26,27). The van der Waals surface area contributed by atoms with Gasteiger partial charge in [0.15, 0.2) is 0 Å². The van der Waals surface area contributed by atoms with Gasteiger partial charge in [-0.05, 0) is 29.7 Å². The van der Waals surface area contributed by atoms with E-state index in [0.29, 0.717) is 22.1 Å². The Labute approximate surface area is 179 Å². The summed E-state index contributed by atoms with van der Waals surface area (Å²) in [4.78, 5) is 30.0. The molecule has 2 heterocycles. The van der Waals surface area contributed by atoms with Crippen LogP contribution in [-0.2, 0) is 9.59 Å². The molecular weight excluding hydrogens is 406 g/mol. The zero-order chi connectivity index (χ0) is 20.4. The Hall–Kier alpha value is -2.15. The van der Waals surface area contributed by atoms with E-state index in [2.05, 4.69) is 22.5 Å². The summed E-state index contributed by atoms with van der Waals surface area (Å²) in [6, 6.07) is 9.91. The molecule has 2 amide bonds. The summed E-state index contributed by atoms with van der Waals surface area (Å²) in [6.45, 7) is 2.10. The normalized spacial score (nSPS) is 26.6. The summed E-state index contributed by atoms with van der Waals surface area (Å²) in [5.74, 6) is -0.483. The molecule has 3 atom stereocenters. The first-order valence-corrected chi connectivity index (χ1v) is 11.0. The molecular formula is C22H22ClN3O2S. The molecule has 1 fully saturated rings. The van der Waals surface area contributed by atoms with Gasteiger partial charge in [0.25, 0.3) is 5.91 Å². The Morgan fingerprint density at radius 2 is 2.00 bits per heavy atom. The Bertz CT molecular complexity index is 952. The molecule has 0 radical (unpaired) electrons. The third kappa shape index (κ3) is 4.39. The van der Waals surface area contributed by atoms with E-state index in [1.54, 1.807) is 12.2 Å². The number of thioether (sulfide) groups is 1. The Balaban J connectivity index is 1.72. The Morgan fingerprint density at radius 1 is 1.21 bits per heavy atom. The van der Waals surface area contributed by atoms with Gasteiger partial charge in [-0.2, -0.15) is 0 Å². The van der Waals surface area contributed by atoms with Gasteiger partial charge in [-0.25, -0.2) is 4.99 Å². The first-order valence-electron chi connectivity index (χ1n) is 9.75. The molecule has 0 spiro atoms. The quantitative estimate of drug-likeness (QED) is 0.745. The summed E-state index contributed by atoms with van der Waals surface area (Å²) >= 11 is 7.60. The molecule has 3 unspecified atom stereocenters. The molecule has 150 valence electrons. The van der Waals surface area contributed by atoms with Crippen LogP contribution in [0.25, 0.3) is 5.57 Å².